The summed E-state index contributed by atoms with van der Waals surface area (Å²) in [6, 6.07) is 14.0. The Kier molecular flexibility index (Phi) is 2.48. The molecule has 0 radical (unpaired) electrons. The van der Waals surface area contributed by atoms with Crippen molar-refractivity contribution in [2.24, 2.45) is 0 Å². The molecule has 3 aromatic carbocycles. The fraction of sp³-hybridized carbons (Fsp3) is 0.222. The van der Waals surface area contributed by atoms with Gasteiger partial charge in [-0.3, -0.25) is 0 Å². The van der Waals surface area contributed by atoms with Crippen molar-refractivity contribution >= 4 is 21.5 Å². The van der Waals surface area contributed by atoms with Crippen molar-refractivity contribution < 1.29 is 10.2 Å². The van der Waals surface area contributed by atoms with E-state index in [4.69, 9.17) is 0 Å². The predicted octanol–water partition coefficient (Wildman–Crippen LogP) is 4.07. The Morgan fingerprint density at radius 1 is 1.00 bits per heavy atom. The number of aliphatic hydroxyl groups excluding tert-OH is 1. The van der Waals surface area contributed by atoms with E-state index >= 15 is 0 Å². The summed E-state index contributed by atoms with van der Waals surface area (Å²) in [4.78, 5) is 0. The lowest BCUT2D eigenvalue weighted by Gasteiger charge is -2.23. The zero-order valence-electron chi connectivity index (χ0n) is 11.1. The zero-order valence-corrected chi connectivity index (χ0v) is 11.1. The highest BCUT2D eigenvalue weighted by Gasteiger charge is 2.21. The highest BCUT2D eigenvalue weighted by atomic mass is 16.3. The highest BCUT2D eigenvalue weighted by molar-refractivity contribution is 6.06. The lowest BCUT2D eigenvalue weighted by atomic mass is 9.85. The second kappa shape index (κ2) is 4.22. The SMILES string of the molecule is Oc1c2ccccc2cc2ccc3c(c12)CCCC3O. The number of benzene rings is 3. The Morgan fingerprint density at radius 3 is 2.75 bits per heavy atom. The van der Waals surface area contributed by atoms with E-state index in [-0.39, 0.29) is 0 Å². The van der Waals surface area contributed by atoms with Crippen molar-refractivity contribution in [2.45, 2.75) is 25.4 Å². The van der Waals surface area contributed by atoms with Crippen LogP contribution in [0.5, 0.6) is 5.75 Å². The van der Waals surface area contributed by atoms with Gasteiger partial charge in [-0.15, -0.1) is 0 Å². The maximum absolute atomic E-state index is 10.7. The number of hydrogen-bond acceptors (Lipinski definition) is 2. The molecule has 0 aromatic heterocycles. The molecule has 0 amide bonds. The van der Waals surface area contributed by atoms with Gasteiger partial charge in [0.1, 0.15) is 5.75 Å². The van der Waals surface area contributed by atoms with E-state index in [1.807, 2.05) is 36.4 Å². The topological polar surface area (TPSA) is 40.5 Å². The van der Waals surface area contributed by atoms with Crippen molar-refractivity contribution in [3.05, 3.63) is 53.6 Å². The molecule has 0 aliphatic heterocycles. The minimum atomic E-state index is -0.394. The van der Waals surface area contributed by atoms with Crippen molar-refractivity contribution in [1.29, 1.82) is 0 Å². The predicted molar refractivity (Wildman–Crippen MR) is 81.0 cm³/mol. The molecule has 2 heteroatoms. The smallest absolute Gasteiger partial charge is 0.131 e. The number of hydrogen-bond donors (Lipinski definition) is 2. The van der Waals surface area contributed by atoms with E-state index in [1.165, 1.54) is 0 Å². The third kappa shape index (κ3) is 1.55. The Balaban J connectivity index is 2.17. The van der Waals surface area contributed by atoms with Crippen LogP contribution in [0.3, 0.4) is 0 Å². The summed E-state index contributed by atoms with van der Waals surface area (Å²) in [5, 5.41) is 24.7. The monoisotopic (exact) mass is 264 g/mol. The molecule has 2 N–H and O–H groups in total. The second-order valence-corrected chi connectivity index (χ2v) is 5.59. The van der Waals surface area contributed by atoms with E-state index < -0.39 is 6.10 Å². The van der Waals surface area contributed by atoms with Gasteiger partial charge in [0.15, 0.2) is 0 Å². The Labute approximate surface area is 117 Å². The van der Waals surface area contributed by atoms with Crippen LogP contribution in [0, 0.1) is 0 Å². The van der Waals surface area contributed by atoms with Crippen LogP contribution in [-0.4, -0.2) is 10.2 Å². The lowest BCUT2D eigenvalue weighted by molar-refractivity contribution is 0.157. The van der Waals surface area contributed by atoms with Gasteiger partial charge in [0.2, 0.25) is 0 Å². The van der Waals surface area contributed by atoms with E-state index in [0.29, 0.717) is 5.75 Å². The van der Waals surface area contributed by atoms with Crippen LogP contribution >= 0.6 is 0 Å². The standard InChI is InChI=1S/C18H16O2/c19-16-7-3-6-15-14(16)9-8-12-10-11-4-1-2-5-13(11)18(20)17(12)15/h1-2,4-5,8-10,16,19-20H,3,6-7H2. The third-order valence-corrected chi connectivity index (χ3v) is 4.41. The highest BCUT2D eigenvalue weighted by Crippen LogP contribution is 2.41. The summed E-state index contributed by atoms with van der Waals surface area (Å²) in [6.07, 6.45) is 2.32. The van der Waals surface area contributed by atoms with Crippen LogP contribution in [-0.2, 0) is 6.42 Å². The van der Waals surface area contributed by atoms with Crippen molar-refractivity contribution in [3.63, 3.8) is 0 Å². The van der Waals surface area contributed by atoms with Crippen LogP contribution in [0.15, 0.2) is 42.5 Å². The van der Waals surface area contributed by atoms with Crippen molar-refractivity contribution in [2.75, 3.05) is 0 Å². The first-order chi connectivity index (χ1) is 9.75. The molecule has 4 rings (SSSR count). The van der Waals surface area contributed by atoms with Crippen LogP contribution in [0.4, 0.5) is 0 Å². The van der Waals surface area contributed by atoms with Gasteiger partial charge in [0.25, 0.3) is 0 Å². The quantitative estimate of drug-likeness (QED) is 0.601. The molecule has 1 aliphatic carbocycles. The first-order valence-corrected chi connectivity index (χ1v) is 7.10. The van der Waals surface area contributed by atoms with Crippen LogP contribution < -0.4 is 0 Å². The second-order valence-electron chi connectivity index (χ2n) is 5.59. The number of aryl methyl sites for hydroxylation is 1. The number of aromatic hydroxyl groups is 1. The zero-order chi connectivity index (χ0) is 13.7. The lowest BCUT2D eigenvalue weighted by Crippen LogP contribution is -2.09. The summed E-state index contributed by atoms with van der Waals surface area (Å²) in [5.41, 5.74) is 2.10. The molecule has 2 nitrogen and oxygen atoms in total. The van der Waals surface area contributed by atoms with Crippen LogP contribution in [0.1, 0.15) is 30.1 Å². The normalized spacial score (nSPS) is 18.4. The summed E-state index contributed by atoms with van der Waals surface area (Å²) in [6.45, 7) is 0. The molecule has 0 heterocycles. The first kappa shape index (κ1) is 11.7. The minimum absolute atomic E-state index is 0.351. The number of fused-ring (bicyclic) bond motifs is 4. The van der Waals surface area contributed by atoms with Gasteiger partial charge in [-0.25, -0.2) is 0 Å². The van der Waals surface area contributed by atoms with Gasteiger partial charge in [0, 0.05) is 10.8 Å². The van der Waals surface area contributed by atoms with E-state index in [0.717, 1.165) is 51.9 Å². The molecule has 1 unspecified atom stereocenters. The molecule has 20 heavy (non-hydrogen) atoms. The number of aliphatic hydroxyl groups is 1. The molecular formula is C18H16O2. The molecule has 0 bridgehead atoms. The van der Waals surface area contributed by atoms with Crippen molar-refractivity contribution in [1.82, 2.24) is 0 Å². The molecular weight excluding hydrogens is 248 g/mol. The molecule has 100 valence electrons. The third-order valence-electron chi connectivity index (χ3n) is 4.41. The summed E-state index contributed by atoms with van der Waals surface area (Å²) < 4.78 is 0. The van der Waals surface area contributed by atoms with Gasteiger partial charge in [0.05, 0.1) is 6.10 Å². The Morgan fingerprint density at radius 2 is 1.85 bits per heavy atom. The van der Waals surface area contributed by atoms with Crippen molar-refractivity contribution in [3.8, 4) is 5.75 Å². The average molecular weight is 264 g/mol. The van der Waals surface area contributed by atoms with Gasteiger partial charge in [-0.1, -0.05) is 36.4 Å². The molecule has 3 aromatic rings. The van der Waals surface area contributed by atoms with Crippen LogP contribution in [0.25, 0.3) is 21.5 Å². The van der Waals surface area contributed by atoms with Gasteiger partial charge in [-0.05, 0) is 47.2 Å². The maximum Gasteiger partial charge on any atom is 0.131 e. The average Bonchev–Trinajstić information content (AvgIpc) is 2.47. The summed E-state index contributed by atoms with van der Waals surface area (Å²) in [7, 11) is 0. The largest absolute Gasteiger partial charge is 0.507 e. The first-order valence-electron chi connectivity index (χ1n) is 7.10. The van der Waals surface area contributed by atoms with Gasteiger partial charge < -0.3 is 10.2 Å². The Hall–Kier alpha value is -2.06. The van der Waals surface area contributed by atoms with E-state index in [9.17, 15) is 10.2 Å². The molecule has 0 fully saturated rings. The van der Waals surface area contributed by atoms with Crippen LogP contribution in [0.2, 0.25) is 0 Å². The number of phenols is 1. The number of phenolic OH excluding ortho intramolecular Hbond substituents is 1. The van der Waals surface area contributed by atoms with E-state index in [2.05, 4.69) is 6.07 Å². The maximum atomic E-state index is 10.7. The molecule has 1 aliphatic rings. The fourth-order valence-corrected chi connectivity index (χ4v) is 3.43. The molecule has 1 atom stereocenters. The van der Waals surface area contributed by atoms with Gasteiger partial charge in [-0.2, -0.15) is 0 Å². The van der Waals surface area contributed by atoms with Gasteiger partial charge >= 0.3 is 0 Å². The minimum Gasteiger partial charge on any atom is -0.507 e. The molecule has 0 saturated carbocycles. The number of rotatable bonds is 0. The molecule has 0 saturated heterocycles. The summed E-state index contributed by atoms with van der Waals surface area (Å²) >= 11 is 0. The Bertz CT molecular complexity index is 820. The summed E-state index contributed by atoms with van der Waals surface area (Å²) in [5.74, 6) is 0.351. The van der Waals surface area contributed by atoms with E-state index in [1.54, 1.807) is 0 Å². The fourth-order valence-electron chi connectivity index (χ4n) is 3.43. The molecule has 0 spiro atoms.